The Labute approximate surface area is 72.9 Å². The molecule has 0 saturated carbocycles. The van der Waals surface area contributed by atoms with Crippen LogP contribution in [0.4, 0.5) is 0 Å². The zero-order chi connectivity index (χ0) is 9.14. The summed E-state index contributed by atoms with van der Waals surface area (Å²) in [6.45, 7) is 0. The number of carbonyl (C=O) groups is 1. The molecule has 0 aliphatic heterocycles. The minimum atomic E-state index is -1.18. The summed E-state index contributed by atoms with van der Waals surface area (Å²) in [6, 6.07) is 3.86. The lowest BCUT2D eigenvalue weighted by Crippen LogP contribution is -1.99. The van der Waals surface area contributed by atoms with Crippen LogP contribution in [0.3, 0.4) is 0 Å². The van der Waals surface area contributed by atoms with E-state index in [9.17, 15) is 4.79 Å². The largest absolute Gasteiger partial charge is 0.478 e. The number of carboxylic acid groups (broad SMARTS) is 1. The maximum absolute atomic E-state index is 10.5. The van der Waals surface area contributed by atoms with Gasteiger partial charge in [0.05, 0.1) is 0 Å². The molecule has 0 atom stereocenters. The minimum absolute atomic E-state index is 0.137. The van der Waals surface area contributed by atoms with Gasteiger partial charge in [0, 0.05) is 11.1 Å². The van der Waals surface area contributed by atoms with E-state index in [2.05, 4.69) is 4.89 Å². The molecule has 0 radical (unpaired) electrons. The van der Waals surface area contributed by atoms with E-state index < -0.39 is 5.97 Å². The molecule has 12 heavy (non-hydrogen) atoms. The summed E-state index contributed by atoms with van der Waals surface area (Å²) in [6.07, 6.45) is 0. The van der Waals surface area contributed by atoms with Gasteiger partial charge in [-0.15, -0.1) is 0 Å². The van der Waals surface area contributed by atoms with Gasteiger partial charge in [0.15, 0.2) is 5.75 Å². The molecule has 1 aromatic rings. The van der Waals surface area contributed by atoms with E-state index in [0.29, 0.717) is 5.02 Å². The number of aromatic carboxylic acids is 1. The first-order valence-corrected chi connectivity index (χ1v) is 3.37. The minimum Gasteiger partial charge on any atom is -0.478 e. The summed E-state index contributed by atoms with van der Waals surface area (Å²) < 4.78 is 0. The molecule has 64 valence electrons. The van der Waals surface area contributed by atoms with Crippen LogP contribution in [0, 0.1) is 0 Å². The molecule has 0 fully saturated rings. The zero-order valence-electron chi connectivity index (χ0n) is 5.82. The van der Waals surface area contributed by atoms with E-state index in [1.807, 2.05) is 0 Å². The third kappa shape index (κ3) is 1.66. The highest BCUT2D eigenvalue weighted by Gasteiger charge is 2.11. The number of benzene rings is 1. The van der Waals surface area contributed by atoms with Crippen molar-refractivity contribution in [3.63, 3.8) is 0 Å². The predicted octanol–water partition coefficient (Wildman–Crippen LogP) is 1.89. The molecule has 0 aliphatic carbocycles. The van der Waals surface area contributed by atoms with Crippen molar-refractivity contribution in [2.24, 2.45) is 0 Å². The Bertz CT molecular complexity index is 310. The van der Waals surface area contributed by atoms with E-state index >= 15 is 0 Å². The third-order valence-electron chi connectivity index (χ3n) is 1.27. The molecule has 0 heterocycles. The van der Waals surface area contributed by atoms with Crippen molar-refractivity contribution >= 4 is 17.6 Å². The number of hydrogen-bond acceptors (Lipinski definition) is 3. The molecule has 0 bridgehead atoms. The predicted molar refractivity (Wildman–Crippen MR) is 41.7 cm³/mol. The first-order chi connectivity index (χ1) is 5.65. The van der Waals surface area contributed by atoms with Crippen molar-refractivity contribution in [2.75, 3.05) is 0 Å². The lowest BCUT2D eigenvalue weighted by molar-refractivity contribution is -0.138. The lowest BCUT2D eigenvalue weighted by Gasteiger charge is -2.01. The molecular formula is C7H5ClO4. The van der Waals surface area contributed by atoms with E-state index in [4.69, 9.17) is 22.0 Å². The molecule has 1 aromatic carbocycles. The molecule has 2 N–H and O–H groups in total. The van der Waals surface area contributed by atoms with E-state index in [1.165, 1.54) is 18.2 Å². The first-order valence-electron chi connectivity index (χ1n) is 2.99. The van der Waals surface area contributed by atoms with Gasteiger partial charge in [-0.3, -0.25) is 0 Å². The van der Waals surface area contributed by atoms with Gasteiger partial charge in [-0.25, -0.2) is 10.1 Å². The highest BCUT2D eigenvalue weighted by Crippen LogP contribution is 2.22. The van der Waals surface area contributed by atoms with Gasteiger partial charge in [-0.1, -0.05) is 11.6 Å². The molecule has 4 nitrogen and oxygen atoms in total. The van der Waals surface area contributed by atoms with Crippen molar-refractivity contribution < 1.29 is 20.0 Å². The summed E-state index contributed by atoms with van der Waals surface area (Å²) in [5.41, 5.74) is -0.137. The van der Waals surface area contributed by atoms with Crippen LogP contribution in [0.5, 0.6) is 5.75 Å². The summed E-state index contributed by atoms with van der Waals surface area (Å²) >= 11 is 5.52. The summed E-state index contributed by atoms with van der Waals surface area (Å²) in [5.74, 6) is -1.36. The van der Waals surface area contributed by atoms with Crippen LogP contribution in [0.15, 0.2) is 18.2 Å². The average molecular weight is 189 g/mol. The Morgan fingerprint density at radius 3 is 2.67 bits per heavy atom. The van der Waals surface area contributed by atoms with Crippen molar-refractivity contribution in [1.82, 2.24) is 0 Å². The van der Waals surface area contributed by atoms with Crippen molar-refractivity contribution in [3.8, 4) is 5.75 Å². The summed E-state index contributed by atoms with van der Waals surface area (Å²) in [4.78, 5) is 14.3. The van der Waals surface area contributed by atoms with Gasteiger partial charge in [-0.2, -0.15) is 0 Å². The number of hydrogen-bond donors (Lipinski definition) is 2. The van der Waals surface area contributed by atoms with E-state index in [1.54, 1.807) is 0 Å². The fourth-order valence-corrected chi connectivity index (χ4v) is 0.910. The van der Waals surface area contributed by atoms with Gasteiger partial charge < -0.3 is 9.99 Å². The highest BCUT2D eigenvalue weighted by molar-refractivity contribution is 6.30. The van der Waals surface area contributed by atoms with E-state index in [0.717, 1.165) is 0 Å². The molecule has 0 amide bonds. The van der Waals surface area contributed by atoms with Crippen molar-refractivity contribution in [2.45, 2.75) is 0 Å². The van der Waals surface area contributed by atoms with Gasteiger partial charge in [-0.05, 0) is 12.1 Å². The molecule has 0 spiro atoms. The van der Waals surface area contributed by atoms with Crippen LogP contribution in [0.25, 0.3) is 0 Å². The summed E-state index contributed by atoms with van der Waals surface area (Å²) in [7, 11) is 0. The monoisotopic (exact) mass is 188 g/mol. The van der Waals surface area contributed by atoms with Crippen LogP contribution in [0.2, 0.25) is 5.02 Å². The molecule has 0 aromatic heterocycles. The molecule has 0 aliphatic rings. The molecular weight excluding hydrogens is 184 g/mol. The smallest absolute Gasteiger partial charge is 0.339 e. The molecule has 0 saturated heterocycles. The van der Waals surface area contributed by atoms with Gasteiger partial charge in [0.1, 0.15) is 5.56 Å². The Morgan fingerprint density at radius 2 is 2.17 bits per heavy atom. The molecule has 0 unspecified atom stereocenters. The number of halogens is 1. The Balaban J connectivity index is 3.20. The fourth-order valence-electron chi connectivity index (χ4n) is 0.748. The van der Waals surface area contributed by atoms with Crippen LogP contribution in [-0.2, 0) is 0 Å². The fraction of sp³-hybridized carbons (Fsp3) is 0. The second kappa shape index (κ2) is 3.42. The maximum atomic E-state index is 10.5. The second-order valence-corrected chi connectivity index (χ2v) is 2.47. The Kier molecular flexibility index (Phi) is 2.52. The van der Waals surface area contributed by atoms with Crippen LogP contribution in [-0.4, -0.2) is 16.3 Å². The number of rotatable bonds is 2. The summed E-state index contributed by atoms with van der Waals surface area (Å²) in [5, 5.41) is 17.1. The van der Waals surface area contributed by atoms with Gasteiger partial charge in [0.2, 0.25) is 0 Å². The molecule has 1 rings (SSSR count). The molecule has 5 heteroatoms. The van der Waals surface area contributed by atoms with Gasteiger partial charge in [0.25, 0.3) is 0 Å². The zero-order valence-corrected chi connectivity index (χ0v) is 6.58. The van der Waals surface area contributed by atoms with E-state index in [-0.39, 0.29) is 11.3 Å². The van der Waals surface area contributed by atoms with Crippen LogP contribution >= 0.6 is 11.6 Å². The average Bonchev–Trinajstić information content (AvgIpc) is 2.03. The topological polar surface area (TPSA) is 66.8 Å². The number of carboxylic acids is 1. The standard InChI is InChI=1S/C7H5ClO4/c8-4-1-2-5(7(9)10)6(3-4)12-11/h1-3,11H,(H,9,10). The van der Waals surface area contributed by atoms with Crippen LogP contribution in [0.1, 0.15) is 10.4 Å². The third-order valence-corrected chi connectivity index (χ3v) is 1.51. The lowest BCUT2D eigenvalue weighted by atomic mass is 10.2. The second-order valence-electron chi connectivity index (χ2n) is 2.04. The normalized spacial score (nSPS) is 9.50. The van der Waals surface area contributed by atoms with Crippen molar-refractivity contribution in [3.05, 3.63) is 28.8 Å². The van der Waals surface area contributed by atoms with Crippen LogP contribution < -0.4 is 4.89 Å². The maximum Gasteiger partial charge on any atom is 0.339 e. The Morgan fingerprint density at radius 1 is 1.50 bits per heavy atom. The van der Waals surface area contributed by atoms with Gasteiger partial charge >= 0.3 is 5.97 Å². The quantitative estimate of drug-likeness (QED) is 0.550. The Hall–Kier alpha value is -1.26. The first kappa shape index (κ1) is 8.83. The SMILES string of the molecule is O=C(O)c1ccc(Cl)cc1OO. The highest BCUT2D eigenvalue weighted by atomic mass is 35.5. The van der Waals surface area contributed by atoms with Crippen molar-refractivity contribution in [1.29, 1.82) is 0 Å².